The Morgan fingerprint density at radius 1 is 1.25 bits per heavy atom. The van der Waals surface area contributed by atoms with Crippen molar-refractivity contribution in [1.82, 2.24) is 10.2 Å². The SMILES string of the molecule is CN(C)C1(CNCc2cc(Cl)ccc2O)CCCCC1. The van der Waals surface area contributed by atoms with E-state index in [-0.39, 0.29) is 5.54 Å². The van der Waals surface area contributed by atoms with Crippen LogP contribution in [0.4, 0.5) is 0 Å². The van der Waals surface area contributed by atoms with E-state index in [0.717, 1.165) is 12.1 Å². The van der Waals surface area contributed by atoms with Crippen LogP contribution < -0.4 is 5.32 Å². The highest BCUT2D eigenvalue weighted by Crippen LogP contribution is 2.31. The molecular weight excluding hydrogens is 272 g/mol. The Balaban J connectivity index is 1.95. The average Bonchev–Trinajstić information content (AvgIpc) is 2.43. The molecule has 1 aliphatic rings. The zero-order valence-electron chi connectivity index (χ0n) is 12.5. The molecule has 0 radical (unpaired) electrons. The number of phenolic OH excluding ortho intramolecular Hbond substituents is 1. The molecule has 2 N–H and O–H groups in total. The maximum atomic E-state index is 9.84. The first-order valence-electron chi connectivity index (χ1n) is 7.39. The number of rotatable bonds is 5. The van der Waals surface area contributed by atoms with E-state index in [1.807, 2.05) is 6.07 Å². The molecule has 0 atom stereocenters. The van der Waals surface area contributed by atoms with Crippen LogP contribution in [0.15, 0.2) is 18.2 Å². The predicted molar refractivity (Wildman–Crippen MR) is 84.3 cm³/mol. The predicted octanol–water partition coefficient (Wildman–Crippen LogP) is 3.40. The van der Waals surface area contributed by atoms with Gasteiger partial charge in [0, 0.05) is 29.2 Å². The van der Waals surface area contributed by atoms with Gasteiger partial charge in [0.2, 0.25) is 0 Å². The molecule has 4 heteroatoms. The number of benzene rings is 1. The summed E-state index contributed by atoms with van der Waals surface area (Å²) in [4.78, 5) is 2.36. The van der Waals surface area contributed by atoms with Crippen molar-refractivity contribution in [3.8, 4) is 5.75 Å². The third kappa shape index (κ3) is 3.66. The van der Waals surface area contributed by atoms with E-state index in [2.05, 4.69) is 24.3 Å². The van der Waals surface area contributed by atoms with E-state index < -0.39 is 0 Å². The topological polar surface area (TPSA) is 35.5 Å². The van der Waals surface area contributed by atoms with Crippen LogP contribution >= 0.6 is 11.6 Å². The molecule has 0 aliphatic heterocycles. The van der Waals surface area contributed by atoms with Gasteiger partial charge in [0.05, 0.1) is 0 Å². The summed E-state index contributed by atoms with van der Waals surface area (Å²) in [5, 5.41) is 14.0. The van der Waals surface area contributed by atoms with Crippen LogP contribution in [0.2, 0.25) is 5.02 Å². The summed E-state index contributed by atoms with van der Waals surface area (Å²) in [6.45, 7) is 1.61. The fourth-order valence-corrected chi connectivity index (χ4v) is 3.31. The van der Waals surface area contributed by atoms with Gasteiger partial charge in [-0.3, -0.25) is 0 Å². The first-order chi connectivity index (χ1) is 9.53. The summed E-state index contributed by atoms with van der Waals surface area (Å²) >= 11 is 5.98. The van der Waals surface area contributed by atoms with Gasteiger partial charge in [-0.2, -0.15) is 0 Å². The summed E-state index contributed by atoms with van der Waals surface area (Å²) in [6.07, 6.45) is 6.46. The molecular formula is C16H25ClN2O. The number of nitrogens with zero attached hydrogens (tertiary/aromatic N) is 1. The van der Waals surface area contributed by atoms with Crippen LogP contribution in [-0.2, 0) is 6.54 Å². The normalized spacial score (nSPS) is 18.4. The number of aromatic hydroxyl groups is 1. The van der Waals surface area contributed by atoms with E-state index in [9.17, 15) is 5.11 Å². The van der Waals surface area contributed by atoms with Crippen LogP contribution in [0, 0.1) is 0 Å². The molecule has 1 aromatic carbocycles. The summed E-state index contributed by atoms with van der Waals surface area (Å²) in [6, 6.07) is 5.19. The van der Waals surface area contributed by atoms with Gasteiger partial charge in [-0.15, -0.1) is 0 Å². The Hall–Kier alpha value is -0.770. The Kier molecular flexibility index (Phi) is 5.30. The minimum Gasteiger partial charge on any atom is -0.508 e. The van der Waals surface area contributed by atoms with Crippen LogP contribution in [0.3, 0.4) is 0 Å². The maximum absolute atomic E-state index is 9.84. The minimum absolute atomic E-state index is 0.256. The lowest BCUT2D eigenvalue weighted by atomic mass is 9.80. The molecule has 0 bridgehead atoms. The van der Waals surface area contributed by atoms with Crippen LogP contribution in [0.5, 0.6) is 5.75 Å². The molecule has 0 heterocycles. The van der Waals surface area contributed by atoms with Crippen molar-refractivity contribution >= 4 is 11.6 Å². The van der Waals surface area contributed by atoms with Gasteiger partial charge in [0.1, 0.15) is 5.75 Å². The number of hydrogen-bond acceptors (Lipinski definition) is 3. The Bertz CT molecular complexity index is 442. The van der Waals surface area contributed by atoms with Crippen LogP contribution in [-0.4, -0.2) is 36.2 Å². The second kappa shape index (κ2) is 6.79. The molecule has 1 saturated carbocycles. The summed E-state index contributed by atoms with van der Waals surface area (Å²) in [5.74, 6) is 0.310. The third-order valence-corrected chi connectivity index (χ3v) is 4.78. The number of hydrogen-bond donors (Lipinski definition) is 2. The molecule has 112 valence electrons. The highest BCUT2D eigenvalue weighted by atomic mass is 35.5. The zero-order valence-corrected chi connectivity index (χ0v) is 13.2. The highest BCUT2D eigenvalue weighted by Gasteiger charge is 2.33. The smallest absolute Gasteiger partial charge is 0.120 e. The van der Waals surface area contributed by atoms with Gasteiger partial charge in [0.25, 0.3) is 0 Å². The number of nitrogens with one attached hydrogen (secondary N) is 1. The second-order valence-corrected chi connectivity index (χ2v) is 6.49. The molecule has 1 aromatic rings. The van der Waals surface area contributed by atoms with Crippen molar-refractivity contribution in [2.75, 3.05) is 20.6 Å². The van der Waals surface area contributed by atoms with Gasteiger partial charge >= 0.3 is 0 Å². The monoisotopic (exact) mass is 296 g/mol. The molecule has 0 aromatic heterocycles. The van der Waals surface area contributed by atoms with Gasteiger partial charge in [-0.1, -0.05) is 30.9 Å². The third-order valence-electron chi connectivity index (χ3n) is 4.54. The molecule has 2 rings (SSSR count). The van der Waals surface area contributed by atoms with Crippen molar-refractivity contribution in [2.24, 2.45) is 0 Å². The lowest BCUT2D eigenvalue weighted by Gasteiger charge is -2.43. The Labute approximate surface area is 126 Å². The van der Waals surface area contributed by atoms with E-state index in [1.54, 1.807) is 12.1 Å². The summed E-state index contributed by atoms with van der Waals surface area (Å²) < 4.78 is 0. The van der Waals surface area contributed by atoms with Crippen LogP contribution in [0.25, 0.3) is 0 Å². The maximum Gasteiger partial charge on any atom is 0.120 e. The fraction of sp³-hybridized carbons (Fsp3) is 0.625. The second-order valence-electron chi connectivity index (χ2n) is 6.06. The quantitative estimate of drug-likeness (QED) is 0.874. The van der Waals surface area contributed by atoms with E-state index in [4.69, 9.17) is 11.6 Å². The highest BCUT2D eigenvalue weighted by molar-refractivity contribution is 6.30. The zero-order chi connectivity index (χ0) is 14.6. The van der Waals surface area contributed by atoms with Crippen molar-refractivity contribution < 1.29 is 5.11 Å². The van der Waals surface area contributed by atoms with E-state index in [1.165, 1.54) is 32.1 Å². The van der Waals surface area contributed by atoms with E-state index >= 15 is 0 Å². The lowest BCUT2D eigenvalue weighted by molar-refractivity contribution is 0.0983. The van der Waals surface area contributed by atoms with Crippen LogP contribution in [0.1, 0.15) is 37.7 Å². The number of phenols is 1. The van der Waals surface area contributed by atoms with Gasteiger partial charge in [-0.25, -0.2) is 0 Å². The molecule has 3 nitrogen and oxygen atoms in total. The molecule has 0 saturated heterocycles. The van der Waals surface area contributed by atoms with Gasteiger partial charge in [0.15, 0.2) is 0 Å². The summed E-state index contributed by atoms with van der Waals surface area (Å²) in [5.41, 5.74) is 1.12. The first kappa shape index (κ1) is 15.6. The molecule has 0 spiro atoms. The van der Waals surface area contributed by atoms with Crippen molar-refractivity contribution in [1.29, 1.82) is 0 Å². The van der Waals surface area contributed by atoms with Gasteiger partial charge < -0.3 is 15.3 Å². The van der Waals surface area contributed by atoms with Crippen molar-refractivity contribution in [3.05, 3.63) is 28.8 Å². The fourth-order valence-electron chi connectivity index (χ4n) is 3.12. The number of halogens is 1. The summed E-state index contributed by atoms with van der Waals surface area (Å²) in [7, 11) is 4.34. The first-order valence-corrected chi connectivity index (χ1v) is 7.77. The Morgan fingerprint density at radius 2 is 1.95 bits per heavy atom. The van der Waals surface area contributed by atoms with Crippen molar-refractivity contribution in [3.63, 3.8) is 0 Å². The standard InChI is InChI=1S/C16H25ClN2O/c1-19(2)16(8-4-3-5-9-16)12-18-11-13-10-14(17)6-7-15(13)20/h6-7,10,18,20H,3-5,8-9,11-12H2,1-2H3. The number of likely N-dealkylation sites (N-methyl/N-ethyl adjacent to an activating group) is 1. The molecule has 20 heavy (non-hydrogen) atoms. The molecule has 0 amide bonds. The minimum atomic E-state index is 0.256. The average molecular weight is 297 g/mol. The largest absolute Gasteiger partial charge is 0.508 e. The van der Waals surface area contributed by atoms with Gasteiger partial charge in [-0.05, 0) is 45.1 Å². The molecule has 1 aliphatic carbocycles. The molecule has 0 unspecified atom stereocenters. The van der Waals surface area contributed by atoms with Crippen molar-refractivity contribution in [2.45, 2.75) is 44.2 Å². The Morgan fingerprint density at radius 3 is 2.60 bits per heavy atom. The lowest BCUT2D eigenvalue weighted by Crippen LogP contribution is -2.52. The molecule has 1 fully saturated rings. The van der Waals surface area contributed by atoms with E-state index in [0.29, 0.717) is 17.3 Å².